The summed E-state index contributed by atoms with van der Waals surface area (Å²) in [5.74, 6) is 0.168. The third-order valence-electron chi connectivity index (χ3n) is 3.45. The maximum absolute atomic E-state index is 11.6. The van der Waals surface area contributed by atoms with Gasteiger partial charge in [0, 0.05) is 18.3 Å². The Labute approximate surface area is 115 Å². The number of hydrogen-bond donors (Lipinski definition) is 1. The summed E-state index contributed by atoms with van der Waals surface area (Å²) >= 11 is 0. The van der Waals surface area contributed by atoms with E-state index in [4.69, 9.17) is 5.73 Å². The van der Waals surface area contributed by atoms with Crippen LogP contribution >= 0.6 is 0 Å². The fourth-order valence-corrected chi connectivity index (χ4v) is 2.27. The van der Waals surface area contributed by atoms with Crippen LogP contribution in [0.25, 0.3) is 6.08 Å². The number of allylic oxidation sites excluding steroid dienone is 1. The van der Waals surface area contributed by atoms with Crippen LogP contribution in [0.3, 0.4) is 0 Å². The number of amides is 1. The summed E-state index contributed by atoms with van der Waals surface area (Å²) in [6, 6.07) is 6.17. The van der Waals surface area contributed by atoms with E-state index in [0.29, 0.717) is 6.42 Å². The molecule has 0 spiro atoms. The molecule has 1 heterocycles. The lowest BCUT2D eigenvalue weighted by Crippen LogP contribution is -2.31. The zero-order chi connectivity index (χ0) is 14.0. The smallest absolute Gasteiger partial charge is 0.231 e. The molecule has 0 unspecified atom stereocenters. The van der Waals surface area contributed by atoms with E-state index in [-0.39, 0.29) is 11.4 Å². The highest BCUT2D eigenvalue weighted by atomic mass is 16.2. The number of rotatable bonds is 4. The van der Waals surface area contributed by atoms with Crippen molar-refractivity contribution in [3.05, 3.63) is 35.4 Å². The van der Waals surface area contributed by atoms with Crippen molar-refractivity contribution in [2.24, 2.45) is 5.73 Å². The molecule has 0 radical (unpaired) electrons. The Morgan fingerprint density at radius 2 is 2.16 bits per heavy atom. The number of nitrogens with two attached hydrogens (primary N) is 1. The van der Waals surface area contributed by atoms with Gasteiger partial charge in [0.15, 0.2) is 0 Å². The maximum atomic E-state index is 11.6. The monoisotopic (exact) mass is 258 g/mol. The second-order valence-electron chi connectivity index (χ2n) is 5.95. The van der Waals surface area contributed by atoms with Gasteiger partial charge in [-0.25, -0.2) is 0 Å². The van der Waals surface area contributed by atoms with Crippen molar-refractivity contribution < 1.29 is 4.79 Å². The molecule has 0 saturated heterocycles. The first-order chi connectivity index (χ1) is 8.87. The van der Waals surface area contributed by atoms with Gasteiger partial charge in [0.2, 0.25) is 5.91 Å². The number of nitrogens with zero attached hydrogens (tertiary/aromatic N) is 1. The first-order valence-electron chi connectivity index (χ1n) is 6.72. The van der Waals surface area contributed by atoms with E-state index >= 15 is 0 Å². The van der Waals surface area contributed by atoms with Gasteiger partial charge in [-0.05, 0) is 49.9 Å². The molecule has 1 aliphatic rings. The summed E-state index contributed by atoms with van der Waals surface area (Å²) < 4.78 is 0. The summed E-state index contributed by atoms with van der Waals surface area (Å²) in [6.07, 6.45) is 6.71. The average Bonchev–Trinajstić information content (AvgIpc) is 2.59. The van der Waals surface area contributed by atoms with Crippen LogP contribution in [0.1, 0.15) is 37.8 Å². The van der Waals surface area contributed by atoms with Crippen LogP contribution in [-0.2, 0) is 11.2 Å². The Balaban J connectivity index is 2.02. The molecule has 2 rings (SSSR count). The summed E-state index contributed by atoms with van der Waals surface area (Å²) in [5.41, 5.74) is 9.13. The highest BCUT2D eigenvalue weighted by Crippen LogP contribution is 2.28. The first kappa shape index (κ1) is 13.8. The van der Waals surface area contributed by atoms with E-state index in [1.165, 1.54) is 0 Å². The van der Waals surface area contributed by atoms with Crippen molar-refractivity contribution in [1.82, 2.24) is 0 Å². The van der Waals surface area contributed by atoms with E-state index in [1.807, 2.05) is 27.0 Å². The summed E-state index contributed by atoms with van der Waals surface area (Å²) in [5, 5.41) is 0. The number of carbonyl (C=O) groups excluding carboxylic acids is 1. The molecular formula is C16H22N2O. The van der Waals surface area contributed by atoms with E-state index in [0.717, 1.165) is 29.7 Å². The second-order valence-corrected chi connectivity index (χ2v) is 5.95. The van der Waals surface area contributed by atoms with Crippen LogP contribution in [0, 0.1) is 0 Å². The quantitative estimate of drug-likeness (QED) is 0.902. The van der Waals surface area contributed by atoms with Gasteiger partial charge in [-0.3, -0.25) is 4.79 Å². The Morgan fingerprint density at radius 1 is 1.42 bits per heavy atom. The van der Waals surface area contributed by atoms with Crippen molar-refractivity contribution in [1.29, 1.82) is 0 Å². The number of carbonyl (C=O) groups is 1. The number of anilines is 1. The summed E-state index contributed by atoms with van der Waals surface area (Å²) in [6.45, 7) is 4.08. The molecule has 0 atom stereocenters. The van der Waals surface area contributed by atoms with E-state index in [9.17, 15) is 4.79 Å². The molecule has 1 aliphatic heterocycles. The van der Waals surface area contributed by atoms with Crippen molar-refractivity contribution in [3.63, 3.8) is 0 Å². The molecule has 1 amide bonds. The van der Waals surface area contributed by atoms with Crippen molar-refractivity contribution in [3.8, 4) is 0 Å². The molecule has 0 fully saturated rings. The van der Waals surface area contributed by atoms with Crippen molar-refractivity contribution in [2.75, 3.05) is 11.9 Å². The van der Waals surface area contributed by atoms with Gasteiger partial charge in [0.05, 0.1) is 6.42 Å². The molecule has 19 heavy (non-hydrogen) atoms. The molecule has 0 aliphatic carbocycles. The molecule has 0 bridgehead atoms. The van der Waals surface area contributed by atoms with Crippen LogP contribution in [0.15, 0.2) is 24.3 Å². The predicted octanol–water partition coefficient (Wildman–Crippen LogP) is 2.74. The topological polar surface area (TPSA) is 46.3 Å². The molecule has 0 saturated carbocycles. The van der Waals surface area contributed by atoms with Gasteiger partial charge in [-0.15, -0.1) is 0 Å². The Kier molecular flexibility index (Phi) is 3.76. The average molecular weight is 258 g/mol. The van der Waals surface area contributed by atoms with E-state index in [1.54, 1.807) is 4.90 Å². The molecule has 2 N–H and O–H groups in total. The second kappa shape index (κ2) is 5.17. The maximum Gasteiger partial charge on any atom is 0.231 e. The summed E-state index contributed by atoms with van der Waals surface area (Å²) in [7, 11) is 1.83. The fourth-order valence-electron chi connectivity index (χ4n) is 2.27. The lowest BCUT2D eigenvalue weighted by atomic mass is 9.99. The minimum atomic E-state index is -0.114. The Bertz CT molecular complexity index is 512. The SMILES string of the molecule is CN1C(=O)Cc2cc(/C=C/CCC(C)(C)N)ccc21. The lowest BCUT2D eigenvalue weighted by Gasteiger charge is -2.16. The van der Waals surface area contributed by atoms with Crippen LogP contribution < -0.4 is 10.6 Å². The minimum absolute atomic E-state index is 0.114. The largest absolute Gasteiger partial charge is 0.326 e. The minimum Gasteiger partial charge on any atom is -0.326 e. The first-order valence-corrected chi connectivity index (χ1v) is 6.72. The lowest BCUT2D eigenvalue weighted by molar-refractivity contribution is -0.117. The van der Waals surface area contributed by atoms with Gasteiger partial charge >= 0.3 is 0 Å². The zero-order valence-electron chi connectivity index (χ0n) is 11.9. The highest BCUT2D eigenvalue weighted by Gasteiger charge is 2.23. The van der Waals surface area contributed by atoms with Gasteiger partial charge in [0.1, 0.15) is 0 Å². The molecule has 3 nitrogen and oxygen atoms in total. The predicted molar refractivity (Wildman–Crippen MR) is 80.1 cm³/mol. The van der Waals surface area contributed by atoms with Gasteiger partial charge in [0.25, 0.3) is 0 Å². The summed E-state index contributed by atoms with van der Waals surface area (Å²) in [4.78, 5) is 13.3. The third-order valence-corrected chi connectivity index (χ3v) is 3.45. The van der Waals surface area contributed by atoms with Crippen LogP contribution in [0.4, 0.5) is 5.69 Å². The normalized spacial score (nSPS) is 15.4. The number of fused-ring (bicyclic) bond motifs is 1. The number of hydrogen-bond acceptors (Lipinski definition) is 2. The van der Waals surface area contributed by atoms with Crippen molar-refractivity contribution in [2.45, 2.75) is 38.6 Å². The van der Waals surface area contributed by atoms with Crippen LogP contribution in [-0.4, -0.2) is 18.5 Å². The van der Waals surface area contributed by atoms with Gasteiger partial charge < -0.3 is 10.6 Å². The third kappa shape index (κ3) is 3.44. The van der Waals surface area contributed by atoms with E-state index in [2.05, 4.69) is 24.3 Å². The number of benzene rings is 1. The standard InChI is InChI=1S/C16H22N2O/c1-16(2,17)9-5-4-6-12-7-8-14-13(10-12)11-15(19)18(14)3/h4,6-8,10H,5,9,11,17H2,1-3H3/b6-4+. The van der Waals surface area contributed by atoms with Gasteiger partial charge in [-0.2, -0.15) is 0 Å². The van der Waals surface area contributed by atoms with Crippen LogP contribution in [0.5, 0.6) is 0 Å². The highest BCUT2D eigenvalue weighted by molar-refractivity contribution is 6.01. The molecule has 3 heteroatoms. The molecule has 102 valence electrons. The molecule has 0 aromatic heterocycles. The molecular weight excluding hydrogens is 236 g/mol. The molecule has 1 aromatic carbocycles. The zero-order valence-corrected chi connectivity index (χ0v) is 11.9. The Morgan fingerprint density at radius 3 is 2.84 bits per heavy atom. The number of likely N-dealkylation sites (N-methyl/N-ethyl adjacent to an activating group) is 1. The fraction of sp³-hybridized carbons (Fsp3) is 0.438. The van der Waals surface area contributed by atoms with E-state index < -0.39 is 0 Å². The molecule has 1 aromatic rings. The van der Waals surface area contributed by atoms with Crippen LogP contribution in [0.2, 0.25) is 0 Å². The van der Waals surface area contributed by atoms with Crippen molar-refractivity contribution >= 4 is 17.7 Å². The Hall–Kier alpha value is -1.61. The van der Waals surface area contributed by atoms with Gasteiger partial charge in [-0.1, -0.05) is 18.2 Å².